The van der Waals surface area contributed by atoms with Crippen molar-refractivity contribution in [3.05, 3.63) is 30.1 Å². The number of hydrogen-bond donors (Lipinski definition) is 0. The van der Waals surface area contributed by atoms with Crippen LogP contribution in [0.5, 0.6) is 0 Å². The van der Waals surface area contributed by atoms with E-state index >= 15 is 0 Å². The fourth-order valence-corrected chi connectivity index (χ4v) is 5.09. The third-order valence-electron chi connectivity index (χ3n) is 6.79. The number of likely N-dealkylation sites (tertiary alicyclic amines) is 1. The number of hydrogen-bond acceptors (Lipinski definition) is 4. The van der Waals surface area contributed by atoms with Gasteiger partial charge in [-0.25, -0.2) is 0 Å². The number of ether oxygens (including phenoxy) is 1. The van der Waals surface area contributed by atoms with Gasteiger partial charge in [0.05, 0.1) is 13.2 Å². The van der Waals surface area contributed by atoms with Gasteiger partial charge in [-0.3, -0.25) is 14.7 Å². The van der Waals surface area contributed by atoms with Gasteiger partial charge in [0.2, 0.25) is 5.91 Å². The Bertz CT molecular complexity index is 607. The van der Waals surface area contributed by atoms with Crippen molar-refractivity contribution in [1.29, 1.82) is 0 Å². The highest BCUT2D eigenvalue weighted by Gasteiger charge is 2.39. The highest BCUT2D eigenvalue weighted by atomic mass is 16.5. The summed E-state index contributed by atoms with van der Waals surface area (Å²) >= 11 is 0. The van der Waals surface area contributed by atoms with Crippen molar-refractivity contribution in [2.24, 2.45) is 11.3 Å². The molecular formula is C22H33N3O2. The molecule has 0 radical (unpaired) electrons. The van der Waals surface area contributed by atoms with Crippen molar-refractivity contribution < 1.29 is 9.53 Å². The highest BCUT2D eigenvalue weighted by Crippen LogP contribution is 2.36. The summed E-state index contributed by atoms with van der Waals surface area (Å²) in [5.41, 5.74) is 1.51. The van der Waals surface area contributed by atoms with Crippen LogP contribution in [0.2, 0.25) is 0 Å². The van der Waals surface area contributed by atoms with Gasteiger partial charge in [-0.2, -0.15) is 0 Å². The molecule has 3 heterocycles. The summed E-state index contributed by atoms with van der Waals surface area (Å²) in [4.78, 5) is 21.5. The molecule has 2 saturated heterocycles. The Morgan fingerprint density at radius 1 is 1.15 bits per heavy atom. The third kappa shape index (κ3) is 4.88. The zero-order valence-electron chi connectivity index (χ0n) is 16.4. The number of amides is 1. The van der Waals surface area contributed by atoms with Gasteiger partial charge in [-0.05, 0) is 49.3 Å². The minimum atomic E-state index is 0.202. The molecule has 3 aliphatic rings. The summed E-state index contributed by atoms with van der Waals surface area (Å²) in [7, 11) is 0. The van der Waals surface area contributed by atoms with Gasteiger partial charge in [0.15, 0.2) is 0 Å². The second kappa shape index (κ2) is 8.70. The SMILES string of the molecule is O=C(CC1CCCC1)N1CCC2(CC1)COCCN(Cc1ccncc1)C2. The van der Waals surface area contributed by atoms with Crippen LogP contribution in [0.15, 0.2) is 24.5 Å². The molecule has 1 spiro atoms. The molecule has 1 saturated carbocycles. The van der Waals surface area contributed by atoms with Gasteiger partial charge >= 0.3 is 0 Å². The maximum atomic E-state index is 12.7. The topological polar surface area (TPSA) is 45.7 Å². The van der Waals surface area contributed by atoms with Crippen LogP contribution in [0, 0.1) is 11.3 Å². The molecular weight excluding hydrogens is 338 g/mol. The molecule has 27 heavy (non-hydrogen) atoms. The van der Waals surface area contributed by atoms with Crippen molar-refractivity contribution in [1.82, 2.24) is 14.8 Å². The smallest absolute Gasteiger partial charge is 0.222 e. The molecule has 1 aromatic rings. The third-order valence-corrected chi connectivity index (χ3v) is 6.79. The van der Waals surface area contributed by atoms with Gasteiger partial charge in [-0.15, -0.1) is 0 Å². The molecule has 148 valence electrons. The molecule has 0 atom stereocenters. The molecule has 1 amide bonds. The van der Waals surface area contributed by atoms with Crippen LogP contribution >= 0.6 is 0 Å². The number of nitrogens with zero attached hydrogens (tertiary/aromatic N) is 3. The first-order valence-corrected chi connectivity index (χ1v) is 10.7. The van der Waals surface area contributed by atoms with E-state index in [1.54, 1.807) is 0 Å². The zero-order valence-corrected chi connectivity index (χ0v) is 16.4. The Hall–Kier alpha value is -1.46. The van der Waals surface area contributed by atoms with Gasteiger partial charge < -0.3 is 9.64 Å². The molecule has 5 heteroatoms. The highest BCUT2D eigenvalue weighted by molar-refractivity contribution is 5.76. The first kappa shape index (κ1) is 18.9. The summed E-state index contributed by atoms with van der Waals surface area (Å²) in [6.07, 6.45) is 11.8. The van der Waals surface area contributed by atoms with Crippen LogP contribution in [0.1, 0.15) is 50.5 Å². The van der Waals surface area contributed by atoms with E-state index in [0.29, 0.717) is 11.8 Å². The molecule has 5 nitrogen and oxygen atoms in total. The van der Waals surface area contributed by atoms with Crippen LogP contribution in [-0.4, -0.2) is 60.1 Å². The van der Waals surface area contributed by atoms with Crippen LogP contribution in [-0.2, 0) is 16.1 Å². The average molecular weight is 372 g/mol. The van der Waals surface area contributed by atoms with Crippen LogP contribution in [0.25, 0.3) is 0 Å². The predicted molar refractivity (Wildman–Crippen MR) is 105 cm³/mol. The van der Waals surface area contributed by atoms with Crippen molar-refractivity contribution in [2.75, 3.05) is 39.4 Å². The van der Waals surface area contributed by atoms with E-state index in [4.69, 9.17) is 4.74 Å². The zero-order chi connectivity index (χ0) is 18.5. The lowest BCUT2D eigenvalue weighted by molar-refractivity contribution is -0.135. The number of pyridine rings is 1. The molecule has 2 aliphatic heterocycles. The van der Waals surface area contributed by atoms with E-state index in [1.807, 2.05) is 12.4 Å². The molecule has 0 aromatic carbocycles. The van der Waals surface area contributed by atoms with E-state index in [1.165, 1.54) is 31.2 Å². The number of aromatic nitrogens is 1. The molecule has 0 N–H and O–H groups in total. The Morgan fingerprint density at radius 3 is 2.63 bits per heavy atom. The van der Waals surface area contributed by atoms with E-state index in [0.717, 1.165) is 65.2 Å². The van der Waals surface area contributed by atoms with E-state index in [-0.39, 0.29) is 5.41 Å². The lowest BCUT2D eigenvalue weighted by Gasteiger charge is -2.43. The first-order valence-electron chi connectivity index (χ1n) is 10.7. The van der Waals surface area contributed by atoms with Gasteiger partial charge in [0.1, 0.15) is 0 Å². The number of piperidine rings is 1. The Kier molecular flexibility index (Phi) is 6.08. The fraction of sp³-hybridized carbons (Fsp3) is 0.727. The van der Waals surface area contributed by atoms with Crippen molar-refractivity contribution >= 4 is 5.91 Å². The second-order valence-electron chi connectivity index (χ2n) is 8.85. The van der Waals surface area contributed by atoms with Crippen LogP contribution in [0.3, 0.4) is 0 Å². The molecule has 4 rings (SSSR count). The number of carbonyl (C=O) groups excluding carboxylic acids is 1. The average Bonchev–Trinajstić information content (AvgIpc) is 3.12. The lowest BCUT2D eigenvalue weighted by Crippen LogP contribution is -2.49. The van der Waals surface area contributed by atoms with Crippen LogP contribution < -0.4 is 0 Å². The fourth-order valence-electron chi connectivity index (χ4n) is 5.09. The predicted octanol–water partition coefficient (Wildman–Crippen LogP) is 3.10. The first-order chi connectivity index (χ1) is 13.2. The number of carbonyl (C=O) groups is 1. The molecule has 1 aliphatic carbocycles. The number of rotatable bonds is 4. The van der Waals surface area contributed by atoms with E-state index in [9.17, 15) is 4.79 Å². The van der Waals surface area contributed by atoms with E-state index in [2.05, 4.69) is 26.9 Å². The van der Waals surface area contributed by atoms with Crippen molar-refractivity contribution in [2.45, 2.75) is 51.5 Å². The van der Waals surface area contributed by atoms with Crippen LogP contribution in [0.4, 0.5) is 0 Å². The monoisotopic (exact) mass is 371 g/mol. The summed E-state index contributed by atoms with van der Waals surface area (Å²) in [5.74, 6) is 1.03. The Morgan fingerprint density at radius 2 is 1.89 bits per heavy atom. The standard InChI is InChI=1S/C22H33N3O2/c26-21(15-19-3-1-2-4-19)25-11-7-22(8-12-25)17-24(13-14-27-18-22)16-20-5-9-23-10-6-20/h5-6,9-10,19H,1-4,7-8,11-18H2. The second-order valence-corrected chi connectivity index (χ2v) is 8.85. The van der Waals surface area contributed by atoms with Crippen molar-refractivity contribution in [3.63, 3.8) is 0 Å². The minimum Gasteiger partial charge on any atom is -0.379 e. The van der Waals surface area contributed by atoms with Gasteiger partial charge in [0.25, 0.3) is 0 Å². The lowest BCUT2D eigenvalue weighted by atomic mass is 9.78. The Balaban J connectivity index is 1.32. The molecule has 0 bridgehead atoms. The molecule has 1 aromatic heterocycles. The summed E-state index contributed by atoms with van der Waals surface area (Å²) in [5, 5.41) is 0. The summed E-state index contributed by atoms with van der Waals surface area (Å²) < 4.78 is 6.00. The summed E-state index contributed by atoms with van der Waals surface area (Å²) in [6, 6.07) is 4.20. The van der Waals surface area contributed by atoms with Crippen molar-refractivity contribution in [3.8, 4) is 0 Å². The molecule has 0 unspecified atom stereocenters. The normalized spacial score (nSPS) is 24.2. The van der Waals surface area contributed by atoms with Gasteiger partial charge in [-0.1, -0.05) is 12.8 Å². The Labute approximate surface area is 163 Å². The van der Waals surface area contributed by atoms with E-state index < -0.39 is 0 Å². The van der Waals surface area contributed by atoms with Gasteiger partial charge in [0, 0.05) is 57.0 Å². The quantitative estimate of drug-likeness (QED) is 0.816. The molecule has 3 fully saturated rings. The minimum absolute atomic E-state index is 0.202. The maximum Gasteiger partial charge on any atom is 0.222 e. The maximum absolute atomic E-state index is 12.7. The largest absolute Gasteiger partial charge is 0.379 e. The summed E-state index contributed by atoms with van der Waals surface area (Å²) in [6.45, 7) is 6.45.